The predicted octanol–water partition coefficient (Wildman–Crippen LogP) is 2.00. The molecule has 30 heavy (non-hydrogen) atoms. The lowest BCUT2D eigenvalue weighted by atomic mass is 10.1. The summed E-state index contributed by atoms with van der Waals surface area (Å²) in [4.78, 5) is 26.3. The first-order valence-electron chi connectivity index (χ1n) is 9.86. The van der Waals surface area contributed by atoms with Crippen LogP contribution < -0.4 is 31.3 Å². The van der Waals surface area contributed by atoms with Gasteiger partial charge in [-0.25, -0.2) is 9.98 Å². The number of benzene rings is 2. The molecule has 1 aliphatic heterocycles. The fourth-order valence-electron chi connectivity index (χ4n) is 3.51. The third-order valence-electron chi connectivity index (χ3n) is 5.30. The van der Waals surface area contributed by atoms with Crippen LogP contribution in [-0.2, 0) is 6.54 Å². The van der Waals surface area contributed by atoms with Crippen molar-refractivity contribution in [2.75, 3.05) is 25.1 Å². The Bertz CT molecular complexity index is 1250. The van der Waals surface area contributed by atoms with Crippen molar-refractivity contribution in [3.63, 3.8) is 0 Å². The largest absolute Gasteiger partial charge is 0.497 e. The lowest BCUT2D eigenvalue weighted by Gasteiger charge is -2.28. The van der Waals surface area contributed by atoms with Crippen LogP contribution in [0.1, 0.15) is 16.7 Å². The van der Waals surface area contributed by atoms with Crippen molar-refractivity contribution in [3.05, 3.63) is 74.3 Å². The number of aromatic nitrogens is 2. The van der Waals surface area contributed by atoms with Crippen molar-refractivity contribution in [1.82, 2.24) is 15.3 Å². The molecule has 0 atom stereocenters. The number of fused-ring (bicyclic) bond motifs is 2. The summed E-state index contributed by atoms with van der Waals surface area (Å²) in [6, 6.07) is 12.1. The molecule has 2 aromatic carbocycles. The Labute approximate surface area is 174 Å². The first-order chi connectivity index (χ1) is 14.5. The van der Waals surface area contributed by atoms with E-state index in [0.717, 1.165) is 29.2 Å². The van der Waals surface area contributed by atoms with E-state index in [9.17, 15) is 4.79 Å². The molecular weight excluding hydrogens is 378 g/mol. The highest BCUT2D eigenvalue weighted by atomic mass is 16.5. The van der Waals surface area contributed by atoms with Gasteiger partial charge in [0.2, 0.25) is 0 Å². The lowest BCUT2D eigenvalue weighted by molar-refractivity contribution is 0.414. The Hall–Kier alpha value is -3.45. The number of hydrogen-bond acceptors (Lipinski definition) is 6. The van der Waals surface area contributed by atoms with Crippen molar-refractivity contribution < 1.29 is 4.74 Å². The van der Waals surface area contributed by atoms with Crippen LogP contribution in [0.2, 0.25) is 0 Å². The Morgan fingerprint density at radius 3 is 2.63 bits per heavy atom. The number of nitrogens with one attached hydrogen (secondary N) is 2. The van der Waals surface area contributed by atoms with Crippen LogP contribution >= 0.6 is 0 Å². The molecule has 0 fully saturated rings. The molecule has 1 aromatic heterocycles. The summed E-state index contributed by atoms with van der Waals surface area (Å²) in [6.07, 6.45) is 0. The molecule has 0 bridgehead atoms. The lowest BCUT2D eigenvalue weighted by Crippen LogP contribution is -2.43. The molecule has 154 valence electrons. The molecule has 0 amide bonds. The Morgan fingerprint density at radius 2 is 1.90 bits per heavy atom. The summed E-state index contributed by atoms with van der Waals surface area (Å²) < 4.78 is 5.20. The van der Waals surface area contributed by atoms with Crippen LogP contribution in [-0.4, -0.2) is 30.2 Å². The number of methoxy groups -OCH3 is 1. The zero-order valence-corrected chi connectivity index (χ0v) is 17.5. The van der Waals surface area contributed by atoms with E-state index < -0.39 is 0 Å². The van der Waals surface area contributed by atoms with Gasteiger partial charge in [-0.15, -0.1) is 0 Å². The van der Waals surface area contributed by atoms with Gasteiger partial charge in [0, 0.05) is 19.6 Å². The number of nitrogens with zero attached hydrogens (tertiary/aromatic N) is 3. The van der Waals surface area contributed by atoms with Gasteiger partial charge in [0.1, 0.15) is 11.2 Å². The van der Waals surface area contributed by atoms with Gasteiger partial charge in [0.25, 0.3) is 5.56 Å². The quantitative estimate of drug-likeness (QED) is 0.615. The van der Waals surface area contributed by atoms with Crippen LogP contribution in [0.3, 0.4) is 0 Å². The Balaban J connectivity index is 1.59. The van der Waals surface area contributed by atoms with Crippen molar-refractivity contribution in [3.8, 4) is 5.75 Å². The number of aromatic amines is 1. The monoisotopic (exact) mass is 403 g/mol. The molecule has 7 nitrogen and oxygen atoms in total. The predicted molar refractivity (Wildman–Crippen MR) is 118 cm³/mol. The second kappa shape index (κ2) is 8.12. The minimum absolute atomic E-state index is 0.273. The van der Waals surface area contributed by atoms with Gasteiger partial charge in [-0.2, -0.15) is 0 Å². The molecule has 0 spiro atoms. The van der Waals surface area contributed by atoms with E-state index in [4.69, 9.17) is 4.74 Å². The van der Waals surface area contributed by atoms with Crippen molar-refractivity contribution in [2.45, 2.75) is 20.4 Å². The SMILES string of the molecule is C=c1nc2c(c(=O)[nH]1)=Nc1cc(C)c(C)cc1N2CCNCc1ccc(OC)cc1. The number of anilines is 2. The summed E-state index contributed by atoms with van der Waals surface area (Å²) in [5.41, 5.74) is 5.27. The second-order valence-corrected chi connectivity index (χ2v) is 7.40. The minimum atomic E-state index is -0.273. The molecule has 2 N–H and O–H groups in total. The van der Waals surface area contributed by atoms with E-state index in [2.05, 4.69) is 44.7 Å². The van der Waals surface area contributed by atoms with Crippen LogP contribution in [0.4, 0.5) is 17.2 Å². The van der Waals surface area contributed by atoms with Gasteiger partial charge in [-0.05, 0) is 54.8 Å². The average Bonchev–Trinajstić information content (AvgIpc) is 2.73. The first kappa shape index (κ1) is 19.8. The maximum atomic E-state index is 12.5. The first-order valence-corrected chi connectivity index (χ1v) is 9.86. The van der Waals surface area contributed by atoms with E-state index in [1.165, 1.54) is 11.1 Å². The molecule has 4 rings (SSSR count). The molecule has 0 saturated carbocycles. The van der Waals surface area contributed by atoms with Crippen LogP contribution in [0.5, 0.6) is 5.75 Å². The molecule has 0 aliphatic carbocycles. The molecule has 0 saturated heterocycles. The summed E-state index contributed by atoms with van der Waals surface area (Å²) in [5.74, 6) is 1.39. The number of hydrogen-bond donors (Lipinski definition) is 2. The second-order valence-electron chi connectivity index (χ2n) is 7.40. The zero-order valence-electron chi connectivity index (χ0n) is 17.5. The number of rotatable bonds is 6. The molecule has 3 aromatic rings. The highest BCUT2D eigenvalue weighted by Crippen LogP contribution is 2.36. The fraction of sp³-hybridized carbons (Fsp3) is 0.261. The van der Waals surface area contributed by atoms with E-state index >= 15 is 0 Å². The highest BCUT2D eigenvalue weighted by molar-refractivity contribution is 5.77. The third-order valence-corrected chi connectivity index (χ3v) is 5.30. The smallest absolute Gasteiger partial charge is 0.279 e. The van der Waals surface area contributed by atoms with Gasteiger partial charge in [0.15, 0.2) is 11.2 Å². The van der Waals surface area contributed by atoms with Crippen LogP contribution in [0.25, 0.3) is 6.58 Å². The summed E-state index contributed by atoms with van der Waals surface area (Å²) in [6.45, 7) is 10.0. The van der Waals surface area contributed by atoms with E-state index in [-0.39, 0.29) is 5.56 Å². The maximum Gasteiger partial charge on any atom is 0.279 e. The molecule has 2 heterocycles. The third kappa shape index (κ3) is 3.84. The summed E-state index contributed by atoms with van der Waals surface area (Å²) in [7, 11) is 1.66. The van der Waals surface area contributed by atoms with Gasteiger partial charge < -0.3 is 19.9 Å². The van der Waals surface area contributed by atoms with Crippen molar-refractivity contribution in [1.29, 1.82) is 0 Å². The summed E-state index contributed by atoms with van der Waals surface area (Å²) in [5, 5.41) is 3.79. The average molecular weight is 403 g/mol. The maximum absolute atomic E-state index is 12.5. The highest BCUT2D eigenvalue weighted by Gasteiger charge is 2.23. The van der Waals surface area contributed by atoms with E-state index in [0.29, 0.717) is 29.7 Å². The topological polar surface area (TPSA) is 82.6 Å². The van der Waals surface area contributed by atoms with Gasteiger partial charge in [-0.3, -0.25) is 4.79 Å². The van der Waals surface area contributed by atoms with Crippen molar-refractivity contribution in [2.24, 2.45) is 4.99 Å². The number of aryl methyl sites for hydroxylation is 2. The Morgan fingerprint density at radius 1 is 1.17 bits per heavy atom. The normalized spacial score (nSPS) is 12.2. The van der Waals surface area contributed by atoms with Crippen molar-refractivity contribution >= 4 is 23.8 Å². The molecular formula is C23H25N5O2. The van der Waals surface area contributed by atoms with E-state index in [1.807, 2.05) is 37.3 Å². The van der Waals surface area contributed by atoms with Gasteiger partial charge in [0.05, 0.1) is 18.5 Å². The zero-order chi connectivity index (χ0) is 21.3. The molecule has 0 radical (unpaired) electrons. The van der Waals surface area contributed by atoms with Gasteiger partial charge >= 0.3 is 0 Å². The fourth-order valence-corrected chi connectivity index (χ4v) is 3.51. The van der Waals surface area contributed by atoms with Gasteiger partial charge in [-0.1, -0.05) is 18.7 Å². The number of H-pyrrole nitrogens is 1. The number of ether oxygens (including phenoxy) is 1. The summed E-state index contributed by atoms with van der Waals surface area (Å²) >= 11 is 0. The van der Waals surface area contributed by atoms with Crippen LogP contribution in [0, 0.1) is 13.8 Å². The molecule has 1 aliphatic rings. The van der Waals surface area contributed by atoms with E-state index in [1.54, 1.807) is 7.11 Å². The molecule has 7 heteroatoms. The molecule has 0 unspecified atom stereocenters. The van der Waals surface area contributed by atoms with Crippen LogP contribution in [0.15, 0.2) is 46.2 Å². The standard InChI is InChI=1S/C23H25N5O2/c1-14-11-19-20(12-15(14)2)28(22-21(27-19)23(29)26-16(3)25-22)10-9-24-13-17-5-7-18(30-4)8-6-17/h5-8,11-12,24H,3,9-10,13H2,1-2,4H3,(H,26,29). The minimum Gasteiger partial charge on any atom is -0.497 e. The Kier molecular flexibility index (Phi) is 5.37.